The third-order valence-corrected chi connectivity index (χ3v) is 2.86. The smallest absolute Gasteiger partial charge is 0.416 e. The quantitative estimate of drug-likeness (QED) is 0.765. The van der Waals surface area contributed by atoms with Crippen molar-refractivity contribution < 1.29 is 14.3 Å². The van der Waals surface area contributed by atoms with Crippen molar-refractivity contribution in [3.8, 4) is 0 Å². The van der Waals surface area contributed by atoms with Gasteiger partial charge < -0.3 is 4.74 Å². The standard InChI is InChI=1S/C13H10N2O3/c16-12(15-6-7-18-13(15)17)10-3-4-11-9(8-10)2-1-5-14-11/h1-5,8H,6-7H2. The summed E-state index contributed by atoms with van der Waals surface area (Å²) in [6, 6.07) is 8.85. The number of cyclic esters (lactones) is 1. The van der Waals surface area contributed by atoms with Gasteiger partial charge in [-0.15, -0.1) is 0 Å². The van der Waals surface area contributed by atoms with Crippen LogP contribution in [0.5, 0.6) is 0 Å². The van der Waals surface area contributed by atoms with Crippen LogP contribution in [0.3, 0.4) is 0 Å². The Hall–Kier alpha value is -2.43. The highest BCUT2D eigenvalue weighted by atomic mass is 16.6. The van der Waals surface area contributed by atoms with Gasteiger partial charge in [-0.05, 0) is 24.3 Å². The van der Waals surface area contributed by atoms with Crippen molar-refractivity contribution >= 4 is 22.9 Å². The number of amides is 2. The van der Waals surface area contributed by atoms with Gasteiger partial charge in [0.1, 0.15) is 6.61 Å². The van der Waals surface area contributed by atoms with Crippen LogP contribution in [0.15, 0.2) is 36.5 Å². The lowest BCUT2D eigenvalue weighted by Crippen LogP contribution is -2.31. The number of pyridine rings is 1. The fraction of sp³-hybridized carbons (Fsp3) is 0.154. The van der Waals surface area contributed by atoms with Crippen molar-refractivity contribution in [2.24, 2.45) is 0 Å². The molecule has 0 radical (unpaired) electrons. The molecular formula is C13H10N2O3. The van der Waals surface area contributed by atoms with Gasteiger partial charge in [0.2, 0.25) is 0 Å². The Bertz CT molecular complexity index is 639. The lowest BCUT2D eigenvalue weighted by molar-refractivity contribution is 0.0810. The first kappa shape index (κ1) is 10.7. The van der Waals surface area contributed by atoms with Crippen LogP contribution in [0, 0.1) is 0 Å². The average molecular weight is 242 g/mol. The summed E-state index contributed by atoms with van der Waals surface area (Å²) in [6.45, 7) is 0.572. The minimum atomic E-state index is -0.578. The molecule has 0 aliphatic carbocycles. The summed E-state index contributed by atoms with van der Waals surface area (Å²) in [5.41, 5.74) is 1.28. The Labute approximate surface area is 103 Å². The first-order chi connectivity index (χ1) is 8.75. The molecule has 3 rings (SSSR count). The molecule has 1 aromatic heterocycles. The summed E-state index contributed by atoms with van der Waals surface area (Å²) >= 11 is 0. The lowest BCUT2D eigenvalue weighted by atomic mass is 10.1. The zero-order valence-corrected chi connectivity index (χ0v) is 9.50. The van der Waals surface area contributed by atoms with Crippen LogP contribution < -0.4 is 0 Å². The van der Waals surface area contributed by atoms with Crippen molar-refractivity contribution in [3.63, 3.8) is 0 Å². The monoisotopic (exact) mass is 242 g/mol. The van der Waals surface area contributed by atoms with Crippen molar-refractivity contribution in [2.45, 2.75) is 0 Å². The Balaban J connectivity index is 1.99. The molecule has 1 saturated heterocycles. The van der Waals surface area contributed by atoms with E-state index in [4.69, 9.17) is 4.74 Å². The molecule has 5 nitrogen and oxygen atoms in total. The maximum Gasteiger partial charge on any atom is 0.416 e. The van der Waals surface area contributed by atoms with Crippen molar-refractivity contribution in [1.82, 2.24) is 9.88 Å². The third-order valence-electron chi connectivity index (χ3n) is 2.86. The summed E-state index contributed by atoms with van der Waals surface area (Å²) in [5, 5.41) is 0.871. The van der Waals surface area contributed by atoms with Crippen LogP contribution in [-0.2, 0) is 4.74 Å². The molecule has 0 N–H and O–H groups in total. The van der Waals surface area contributed by atoms with Crippen LogP contribution in [0.1, 0.15) is 10.4 Å². The summed E-state index contributed by atoms with van der Waals surface area (Å²) in [5.74, 6) is -0.330. The number of carbonyl (C=O) groups is 2. The van der Waals surface area contributed by atoms with Crippen molar-refractivity contribution in [2.75, 3.05) is 13.2 Å². The van der Waals surface area contributed by atoms with Crippen LogP contribution >= 0.6 is 0 Å². The molecule has 2 heterocycles. The highest BCUT2D eigenvalue weighted by Gasteiger charge is 2.29. The second kappa shape index (κ2) is 4.10. The molecule has 0 spiro atoms. The van der Waals surface area contributed by atoms with Crippen LogP contribution in [-0.4, -0.2) is 35.0 Å². The molecule has 0 bridgehead atoms. The Morgan fingerprint density at radius 3 is 3.00 bits per heavy atom. The summed E-state index contributed by atoms with van der Waals surface area (Å²) < 4.78 is 4.75. The SMILES string of the molecule is O=C1OCCN1C(=O)c1ccc2ncccc2c1. The van der Waals surface area contributed by atoms with E-state index in [-0.39, 0.29) is 12.5 Å². The largest absolute Gasteiger partial charge is 0.447 e. The van der Waals surface area contributed by atoms with Crippen LogP contribution in [0.4, 0.5) is 4.79 Å². The highest BCUT2D eigenvalue weighted by molar-refractivity contribution is 6.05. The number of carbonyl (C=O) groups excluding carboxylic acids is 2. The molecule has 1 fully saturated rings. The fourth-order valence-electron chi connectivity index (χ4n) is 1.94. The van der Waals surface area contributed by atoms with Crippen LogP contribution in [0.25, 0.3) is 10.9 Å². The number of aromatic nitrogens is 1. The number of rotatable bonds is 1. The summed E-state index contributed by atoms with van der Waals surface area (Å²) in [6.07, 6.45) is 1.12. The van der Waals surface area contributed by atoms with Gasteiger partial charge in [0, 0.05) is 17.1 Å². The number of ether oxygens (including phenoxy) is 1. The van der Waals surface area contributed by atoms with Gasteiger partial charge in [-0.2, -0.15) is 0 Å². The summed E-state index contributed by atoms with van der Waals surface area (Å²) in [7, 11) is 0. The van der Waals surface area contributed by atoms with Gasteiger partial charge in [0.05, 0.1) is 12.1 Å². The molecule has 1 aliphatic heterocycles. The first-order valence-electron chi connectivity index (χ1n) is 5.59. The van der Waals surface area contributed by atoms with Gasteiger partial charge in [0.15, 0.2) is 0 Å². The molecule has 1 aliphatic rings. The minimum absolute atomic E-state index is 0.264. The minimum Gasteiger partial charge on any atom is -0.447 e. The van der Waals surface area contributed by atoms with E-state index in [2.05, 4.69) is 4.98 Å². The number of hydrogen-bond acceptors (Lipinski definition) is 4. The molecule has 2 aromatic rings. The number of fused-ring (bicyclic) bond motifs is 1. The predicted octanol–water partition coefficient (Wildman–Crippen LogP) is 1.83. The summed E-state index contributed by atoms with van der Waals surface area (Å²) in [4.78, 5) is 28.7. The molecule has 90 valence electrons. The highest BCUT2D eigenvalue weighted by Crippen LogP contribution is 2.16. The van der Waals surface area contributed by atoms with E-state index in [1.165, 1.54) is 0 Å². The topological polar surface area (TPSA) is 59.5 Å². The molecule has 5 heteroatoms. The van der Waals surface area contributed by atoms with Crippen LogP contribution in [0.2, 0.25) is 0 Å². The van der Waals surface area contributed by atoms with Gasteiger partial charge in [-0.25, -0.2) is 9.69 Å². The van der Waals surface area contributed by atoms with Crippen molar-refractivity contribution in [1.29, 1.82) is 0 Å². The van der Waals surface area contributed by atoms with E-state index < -0.39 is 6.09 Å². The zero-order valence-electron chi connectivity index (χ0n) is 9.50. The van der Waals surface area contributed by atoms with Gasteiger partial charge >= 0.3 is 6.09 Å². The van der Waals surface area contributed by atoms with E-state index in [0.717, 1.165) is 15.8 Å². The van der Waals surface area contributed by atoms with E-state index in [1.54, 1.807) is 30.5 Å². The first-order valence-corrected chi connectivity index (χ1v) is 5.59. The lowest BCUT2D eigenvalue weighted by Gasteiger charge is -2.10. The maximum atomic E-state index is 12.1. The maximum absolute atomic E-state index is 12.1. The number of nitrogens with zero attached hydrogens (tertiary/aromatic N) is 2. The Morgan fingerprint density at radius 2 is 2.22 bits per heavy atom. The van der Waals surface area contributed by atoms with E-state index in [0.29, 0.717) is 12.1 Å². The fourth-order valence-corrected chi connectivity index (χ4v) is 1.94. The van der Waals surface area contributed by atoms with E-state index in [9.17, 15) is 9.59 Å². The third kappa shape index (κ3) is 1.69. The Kier molecular flexibility index (Phi) is 2.44. The molecule has 18 heavy (non-hydrogen) atoms. The molecule has 0 unspecified atom stereocenters. The average Bonchev–Trinajstić information content (AvgIpc) is 2.83. The Morgan fingerprint density at radius 1 is 1.33 bits per heavy atom. The molecule has 2 amide bonds. The molecular weight excluding hydrogens is 232 g/mol. The number of imide groups is 1. The molecule has 0 atom stereocenters. The number of hydrogen-bond donors (Lipinski definition) is 0. The normalized spacial score (nSPS) is 14.9. The van der Waals surface area contributed by atoms with Gasteiger partial charge in [0.25, 0.3) is 5.91 Å². The second-order valence-corrected chi connectivity index (χ2v) is 3.98. The number of benzene rings is 1. The molecule has 0 saturated carbocycles. The van der Waals surface area contributed by atoms with Gasteiger partial charge in [-0.1, -0.05) is 6.07 Å². The molecule has 1 aromatic carbocycles. The predicted molar refractivity (Wildman–Crippen MR) is 64.1 cm³/mol. The second-order valence-electron chi connectivity index (χ2n) is 3.98. The van der Waals surface area contributed by atoms with Crippen molar-refractivity contribution in [3.05, 3.63) is 42.1 Å². The zero-order chi connectivity index (χ0) is 12.5. The van der Waals surface area contributed by atoms with E-state index in [1.807, 2.05) is 6.07 Å². The van der Waals surface area contributed by atoms with Gasteiger partial charge in [-0.3, -0.25) is 9.78 Å². The van der Waals surface area contributed by atoms with E-state index >= 15 is 0 Å².